The van der Waals surface area contributed by atoms with Crippen molar-refractivity contribution in [2.45, 2.75) is 45.1 Å². The van der Waals surface area contributed by atoms with Crippen LogP contribution in [0.25, 0.3) is 0 Å². The zero-order valence-electron chi connectivity index (χ0n) is 10.9. The molecular formula is C14H23N3. The molecule has 1 atom stereocenters. The molecule has 1 N–H and O–H groups in total. The average Bonchev–Trinajstić information content (AvgIpc) is 3.16. The fraction of sp³-hybridized carbons (Fsp3) is 0.786. The van der Waals surface area contributed by atoms with Crippen molar-refractivity contribution < 1.29 is 0 Å². The SMILES string of the molecule is Cn1ccc(CC(C)(CNC2CC2)C2CC2)n1. The Labute approximate surface area is 104 Å². The second kappa shape index (κ2) is 4.13. The fourth-order valence-corrected chi connectivity index (χ4v) is 2.77. The van der Waals surface area contributed by atoms with Gasteiger partial charge in [0.1, 0.15) is 0 Å². The zero-order chi connectivity index (χ0) is 11.9. The predicted molar refractivity (Wildman–Crippen MR) is 68.8 cm³/mol. The van der Waals surface area contributed by atoms with E-state index in [1.807, 2.05) is 11.7 Å². The number of rotatable bonds is 6. The summed E-state index contributed by atoms with van der Waals surface area (Å²) in [6.45, 7) is 3.60. The van der Waals surface area contributed by atoms with Crippen LogP contribution >= 0.6 is 0 Å². The van der Waals surface area contributed by atoms with Gasteiger partial charge in [-0.2, -0.15) is 5.10 Å². The van der Waals surface area contributed by atoms with Gasteiger partial charge < -0.3 is 5.32 Å². The Morgan fingerprint density at radius 2 is 2.18 bits per heavy atom. The van der Waals surface area contributed by atoms with E-state index in [-0.39, 0.29) is 0 Å². The van der Waals surface area contributed by atoms with Gasteiger partial charge in [-0.15, -0.1) is 0 Å². The van der Waals surface area contributed by atoms with Gasteiger partial charge in [-0.05, 0) is 49.5 Å². The summed E-state index contributed by atoms with van der Waals surface area (Å²) in [5.74, 6) is 0.913. The molecule has 3 rings (SSSR count). The quantitative estimate of drug-likeness (QED) is 0.815. The van der Waals surface area contributed by atoms with E-state index >= 15 is 0 Å². The lowest BCUT2D eigenvalue weighted by atomic mass is 9.80. The first-order valence-electron chi connectivity index (χ1n) is 6.88. The van der Waals surface area contributed by atoms with Crippen LogP contribution in [0.2, 0.25) is 0 Å². The van der Waals surface area contributed by atoms with Crippen molar-refractivity contribution in [2.75, 3.05) is 6.54 Å². The molecule has 3 heteroatoms. The highest BCUT2D eigenvalue weighted by Crippen LogP contribution is 2.47. The maximum absolute atomic E-state index is 4.54. The molecular weight excluding hydrogens is 210 g/mol. The van der Waals surface area contributed by atoms with Gasteiger partial charge >= 0.3 is 0 Å². The van der Waals surface area contributed by atoms with Crippen LogP contribution in [0.3, 0.4) is 0 Å². The van der Waals surface area contributed by atoms with Gasteiger partial charge in [-0.25, -0.2) is 0 Å². The Bertz CT molecular complexity index is 390. The van der Waals surface area contributed by atoms with Crippen molar-refractivity contribution >= 4 is 0 Å². The molecule has 1 aromatic heterocycles. The number of nitrogens with zero attached hydrogens (tertiary/aromatic N) is 2. The van der Waals surface area contributed by atoms with E-state index in [2.05, 4.69) is 29.6 Å². The average molecular weight is 233 g/mol. The number of hydrogen-bond acceptors (Lipinski definition) is 2. The maximum Gasteiger partial charge on any atom is 0.0630 e. The van der Waals surface area contributed by atoms with Gasteiger partial charge in [-0.1, -0.05) is 6.92 Å². The number of aryl methyl sites for hydroxylation is 1. The van der Waals surface area contributed by atoms with Crippen LogP contribution in [-0.4, -0.2) is 22.4 Å². The molecule has 1 aromatic rings. The summed E-state index contributed by atoms with van der Waals surface area (Å²) in [6, 6.07) is 2.98. The maximum atomic E-state index is 4.54. The van der Waals surface area contributed by atoms with Crippen molar-refractivity contribution in [1.82, 2.24) is 15.1 Å². The summed E-state index contributed by atoms with van der Waals surface area (Å²) < 4.78 is 1.91. The first-order valence-corrected chi connectivity index (χ1v) is 6.88. The van der Waals surface area contributed by atoms with Crippen molar-refractivity contribution in [1.29, 1.82) is 0 Å². The molecule has 94 valence electrons. The smallest absolute Gasteiger partial charge is 0.0630 e. The highest BCUT2D eigenvalue weighted by atomic mass is 15.2. The minimum Gasteiger partial charge on any atom is -0.313 e. The Balaban J connectivity index is 1.65. The number of aromatic nitrogens is 2. The Morgan fingerprint density at radius 3 is 2.71 bits per heavy atom. The van der Waals surface area contributed by atoms with Gasteiger partial charge in [-0.3, -0.25) is 4.68 Å². The van der Waals surface area contributed by atoms with E-state index in [9.17, 15) is 0 Å². The van der Waals surface area contributed by atoms with Crippen LogP contribution in [0.4, 0.5) is 0 Å². The third-order valence-electron chi connectivity index (χ3n) is 4.29. The molecule has 2 aliphatic rings. The minimum absolute atomic E-state index is 0.414. The van der Waals surface area contributed by atoms with E-state index in [1.54, 1.807) is 0 Å². The topological polar surface area (TPSA) is 29.9 Å². The third kappa shape index (κ3) is 2.71. The van der Waals surface area contributed by atoms with Crippen LogP contribution in [0, 0.1) is 11.3 Å². The van der Waals surface area contributed by atoms with Crippen molar-refractivity contribution in [3.63, 3.8) is 0 Å². The standard InChI is InChI=1S/C14H23N3/c1-14(11-3-4-11,10-15-12-5-6-12)9-13-7-8-17(2)16-13/h7-8,11-12,15H,3-6,9-10H2,1-2H3. The molecule has 0 radical (unpaired) electrons. The van der Waals surface area contributed by atoms with Crippen LogP contribution in [0.5, 0.6) is 0 Å². The van der Waals surface area contributed by atoms with Gasteiger partial charge in [0.15, 0.2) is 0 Å². The summed E-state index contributed by atoms with van der Waals surface area (Å²) in [5.41, 5.74) is 1.66. The Kier molecular flexibility index (Phi) is 2.74. The van der Waals surface area contributed by atoms with E-state index in [4.69, 9.17) is 0 Å². The monoisotopic (exact) mass is 233 g/mol. The molecule has 0 aromatic carbocycles. The third-order valence-corrected chi connectivity index (χ3v) is 4.29. The highest BCUT2D eigenvalue weighted by molar-refractivity contribution is 5.07. The second-order valence-electron chi connectivity index (χ2n) is 6.24. The summed E-state index contributed by atoms with van der Waals surface area (Å²) in [4.78, 5) is 0. The first kappa shape index (κ1) is 11.3. The number of nitrogens with one attached hydrogen (secondary N) is 1. The summed E-state index contributed by atoms with van der Waals surface area (Å²) >= 11 is 0. The fourth-order valence-electron chi connectivity index (χ4n) is 2.77. The molecule has 1 unspecified atom stereocenters. The molecule has 0 amide bonds. The van der Waals surface area contributed by atoms with Crippen molar-refractivity contribution in [3.05, 3.63) is 18.0 Å². The van der Waals surface area contributed by atoms with E-state index < -0.39 is 0 Å². The predicted octanol–water partition coefficient (Wildman–Crippen LogP) is 2.13. The van der Waals surface area contributed by atoms with Crippen LogP contribution in [-0.2, 0) is 13.5 Å². The molecule has 0 saturated heterocycles. The molecule has 2 saturated carbocycles. The Hall–Kier alpha value is -0.830. The molecule has 0 bridgehead atoms. The van der Waals surface area contributed by atoms with Gasteiger partial charge in [0, 0.05) is 25.8 Å². The van der Waals surface area contributed by atoms with Crippen molar-refractivity contribution in [3.8, 4) is 0 Å². The first-order chi connectivity index (χ1) is 8.16. The van der Waals surface area contributed by atoms with Gasteiger partial charge in [0.25, 0.3) is 0 Å². The van der Waals surface area contributed by atoms with Gasteiger partial charge in [0.2, 0.25) is 0 Å². The molecule has 0 aliphatic heterocycles. The summed E-state index contributed by atoms with van der Waals surface area (Å²) in [5, 5.41) is 8.25. The zero-order valence-corrected chi connectivity index (χ0v) is 10.9. The van der Waals surface area contributed by atoms with Crippen LogP contribution in [0.1, 0.15) is 38.3 Å². The molecule has 0 spiro atoms. The van der Waals surface area contributed by atoms with Crippen molar-refractivity contribution in [2.24, 2.45) is 18.4 Å². The summed E-state index contributed by atoms with van der Waals surface area (Å²) in [7, 11) is 2.00. The lowest BCUT2D eigenvalue weighted by molar-refractivity contribution is 0.252. The minimum atomic E-state index is 0.414. The lowest BCUT2D eigenvalue weighted by Crippen LogP contribution is -2.36. The van der Waals surface area contributed by atoms with Crippen LogP contribution < -0.4 is 5.32 Å². The Morgan fingerprint density at radius 1 is 1.41 bits per heavy atom. The molecule has 3 nitrogen and oxygen atoms in total. The largest absolute Gasteiger partial charge is 0.313 e. The summed E-state index contributed by atoms with van der Waals surface area (Å²) in [6.07, 6.45) is 8.76. The normalized spacial score (nSPS) is 23.6. The van der Waals surface area contributed by atoms with E-state index in [0.29, 0.717) is 5.41 Å². The molecule has 2 fully saturated rings. The van der Waals surface area contributed by atoms with E-state index in [1.165, 1.54) is 37.9 Å². The molecule has 1 heterocycles. The van der Waals surface area contributed by atoms with Crippen LogP contribution in [0.15, 0.2) is 12.3 Å². The van der Waals surface area contributed by atoms with Gasteiger partial charge in [0.05, 0.1) is 5.69 Å². The molecule has 17 heavy (non-hydrogen) atoms. The second-order valence-corrected chi connectivity index (χ2v) is 6.24. The molecule has 2 aliphatic carbocycles. The lowest BCUT2D eigenvalue weighted by Gasteiger charge is -2.29. The highest BCUT2D eigenvalue weighted by Gasteiger charge is 2.42. The number of hydrogen-bond donors (Lipinski definition) is 1. The van der Waals surface area contributed by atoms with E-state index in [0.717, 1.165) is 18.4 Å².